The fourth-order valence-electron chi connectivity index (χ4n) is 3.15. The summed E-state index contributed by atoms with van der Waals surface area (Å²) in [7, 11) is 2.26. The van der Waals surface area contributed by atoms with Crippen LogP contribution in [0.1, 0.15) is 39.5 Å². The first-order valence-electron chi connectivity index (χ1n) is 6.61. The number of nitrogens with zero attached hydrogens (tertiary/aromatic N) is 2. The Balaban J connectivity index is 1.83. The number of likely N-dealkylation sites (N-methyl/N-ethyl adjacent to an activating group) is 1. The molecule has 0 aromatic heterocycles. The van der Waals surface area contributed by atoms with Gasteiger partial charge in [0.1, 0.15) is 0 Å². The summed E-state index contributed by atoms with van der Waals surface area (Å²) in [6.45, 7) is 8.57. The van der Waals surface area contributed by atoms with E-state index in [1.54, 1.807) is 0 Å². The van der Waals surface area contributed by atoms with Crippen molar-refractivity contribution in [1.29, 1.82) is 0 Å². The summed E-state index contributed by atoms with van der Waals surface area (Å²) in [5.74, 6) is 0.872. The van der Waals surface area contributed by atoms with Gasteiger partial charge in [-0.25, -0.2) is 0 Å². The molecule has 2 nitrogen and oxygen atoms in total. The minimum atomic E-state index is 0.872. The van der Waals surface area contributed by atoms with Crippen molar-refractivity contribution >= 4 is 0 Å². The lowest BCUT2D eigenvalue weighted by Gasteiger charge is -2.38. The monoisotopic (exact) mass is 210 g/mol. The van der Waals surface area contributed by atoms with Crippen LogP contribution in [0.3, 0.4) is 0 Å². The van der Waals surface area contributed by atoms with Gasteiger partial charge in [-0.2, -0.15) is 0 Å². The molecule has 0 radical (unpaired) electrons. The summed E-state index contributed by atoms with van der Waals surface area (Å²) in [5, 5.41) is 0. The van der Waals surface area contributed by atoms with Crippen molar-refractivity contribution in [2.24, 2.45) is 5.92 Å². The van der Waals surface area contributed by atoms with Gasteiger partial charge in [0.05, 0.1) is 0 Å². The molecule has 2 atom stereocenters. The predicted octanol–water partition coefficient (Wildman–Crippen LogP) is 2.20. The molecule has 0 aliphatic carbocycles. The van der Waals surface area contributed by atoms with Crippen LogP contribution in [-0.4, -0.2) is 48.6 Å². The second-order valence-corrected chi connectivity index (χ2v) is 5.86. The van der Waals surface area contributed by atoms with Crippen molar-refractivity contribution < 1.29 is 0 Å². The van der Waals surface area contributed by atoms with Gasteiger partial charge in [-0.05, 0) is 38.6 Å². The predicted molar refractivity (Wildman–Crippen MR) is 65.1 cm³/mol. The molecule has 2 unspecified atom stereocenters. The Bertz CT molecular complexity index is 203. The lowest BCUT2D eigenvalue weighted by Crippen LogP contribution is -2.51. The zero-order valence-corrected chi connectivity index (χ0v) is 10.6. The van der Waals surface area contributed by atoms with Gasteiger partial charge in [0.15, 0.2) is 0 Å². The minimum Gasteiger partial charge on any atom is -0.304 e. The van der Waals surface area contributed by atoms with Crippen LogP contribution in [0, 0.1) is 5.92 Å². The summed E-state index contributed by atoms with van der Waals surface area (Å²) >= 11 is 0. The average Bonchev–Trinajstić information content (AvgIpc) is 2.57. The molecule has 2 fully saturated rings. The Morgan fingerprint density at radius 2 is 2.00 bits per heavy atom. The molecular formula is C13H26N2. The van der Waals surface area contributed by atoms with Crippen molar-refractivity contribution in [2.45, 2.75) is 51.6 Å². The molecule has 15 heavy (non-hydrogen) atoms. The third-order valence-electron chi connectivity index (χ3n) is 4.11. The van der Waals surface area contributed by atoms with Crippen molar-refractivity contribution in [3.05, 3.63) is 0 Å². The van der Waals surface area contributed by atoms with Crippen LogP contribution in [0.4, 0.5) is 0 Å². The first-order valence-corrected chi connectivity index (χ1v) is 6.61. The fourth-order valence-corrected chi connectivity index (χ4v) is 3.15. The summed E-state index contributed by atoms with van der Waals surface area (Å²) in [6, 6.07) is 1.78. The summed E-state index contributed by atoms with van der Waals surface area (Å²) < 4.78 is 0. The van der Waals surface area contributed by atoms with Crippen molar-refractivity contribution in [3.63, 3.8) is 0 Å². The largest absolute Gasteiger partial charge is 0.304 e. The van der Waals surface area contributed by atoms with Crippen LogP contribution in [0.5, 0.6) is 0 Å². The van der Waals surface area contributed by atoms with E-state index in [0.29, 0.717) is 0 Å². The van der Waals surface area contributed by atoms with Gasteiger partial charge in [0.25, 0.3) is 0 Å². The molecule has 0 aromatic rings. The van der Waals surface area contributed by atoms with E-state index in [1.807, 2.05) is 0 Å². The van der Waals surface area contributed by atoms with Crippen molar-refractivity contribution in [3.8, 4) is 0 Å². The van der Waals surface area contributed by atoms with Gasteiger partial charge in [0, 0.05) is 31.7 Å². The second kappa shape index (κ2) is 4.84. The van der Waals surface area contributed by atoms with Crippen molar-refractivity contribution in [1.82, 2.24) is 9.80 Å². The zero-order chi connectivity index (χ0) is 10.8. The standard InChI is InChI=1S/C13H26N2/c1-11(2)4-5-12-6-7-13-10-14(3)8-9-15(12)13/h11-13H,4-10H2,1-3H3. The van der Waals surface area contributed by atoms with E-state index in [-0.39, 0.29) is 0 Å². The van der Waals surface area contributed by atoms with Gasteiger partial charge >= 0.3 is 0 Å². The van der Waals surface area contributed by atoms with E-state index in [1.165, 1.54) is 45.3 Å². The average molecular weight is 210 g/mol. The van der Waals surface area contributed by atoms with Gasteiger partial charge in [-0.3, -0.25) is 4.90 Å². The molecule has 2 saturated heterocycles. The maximum Gasteiger partial charge on any atom is 0.0227 e. The second-order valence-electron chi connectivity index (χ2n) is 5.86. The molecule has 88 valence electrons. The normalized spacial score (nSPS) is 33.6. The number of piperazine rings is 1. The highest BCUT2D eigenvalue weighted by molar-refractivity contribution is 4.92. The van der Waals surface area contributed by atoms with Gasteiger partial charge in [-0.1, -0.05) is 13.8 Å². The maximum absolute atomic E-state index is 2.79. The number of hydrogen-bond donors (Lipinski definition) is 0. The molecule has 2 aliphatic heterocycles. The van der Waals surface area contributed by atoms with Crippen molar-refractivity contribution in [2.75, 3.05) is 26.7 Å². The summed E-state index contributed by atoms with van der Waals surface area (Å²) in [4.78, 5) is 5.29. The highest BCUT2D eigenvalue weighted by atomic mass is 15.3. The number of fused-ring (bicyclic) bond motifs is 1. The topological polar surface area (TPSA) is 6.48 Å². The van der Waals surface area contributed by atoms with E-state index in [4.69, 9.17) is 0 Å². The van der Waals surface area contributed by atoms with Gasteiger partial charge in [-0.15, -0.1) is 0 Å². The van der Waals surface area contributed by atoms with Gasteiger partial charge < -0.3 is 4.90 Å². The molecule has 2 aliphatic rings. The number of hydrogen-bond acceptors (Lipinski definition) is 2. The summed E-state index contributed by atoms with van der Waals surface area (Å²) in [6.07, 6.45) is 5.72. The molecule has 0 amide bonds. The first kappa shape index (κ1) is 11.4. The molecular weight excluding hydrogens is 184 g/mol. The lowest BCUT2D eigenvalue weighted by molar-refractivity contribution is 0.0888. The van der Waals surface area contributed by atoms with E-state index < -0.39 is 0 Å². The number of rotatable bonds is 3. The van der Waals surface area contributed by atoms with E-state index >= 15 is 0 Å². The fraction of sp³-hybridized carbons (Fsp3) is 1.00. The van der Waals surface area contributed by atoms with Crippen LogP contribution in [0.2, 0.25) is 0 Å². The molecule has 0 spiro atoms. The highest BCUT2D eigenvalue weighted by Crippen LogP contribution is 2.30. The van der Waals surface area contributed by atoms with E-state index in [2.05, 4.69) is 30.7 Å². The third-order valence-corrected chi connectivity index (χ3v) is 4.11. The smallest absolute Gasteiger partial charge is 0.0227 e. The zero-order valence-electron chi connectivity index (χ0n) is 10.6. The van der Waals surface area contributed by atoms with E-state index in [9.17, 15) is 0 Å². The summed E-state index contributed by atoms with van der Waals surface area (Å²) in [5.41, 5.74) is 0. The first-order chi connectivity index (χ1) is 7.16. The quantitative estimate of drug-likeness (QED) is 0.704. The molecule has 2 heteroatoms. The SMILES string of the molecule is CC(C)CCC1CCC2CN(C)CCN12. The Kier molecular flexibility index (Phi) is 3.68. The van der Waals surface area contributed by atoms with Crippen LogP contribution in [0.25, 0.3) is 0 Å². The molecule has 0 bridgehead atoms. The van der Waals surface area contributed by atoms with Crippen LogP contribution >= 0.6 is 0 Å². The highest BCUT2D eigenvalue weighted by Gasteiger charge is 2.35. The maximum atomic E-state index is 2.79. The Hall–Kier alpha value is -0.0800. The Labute approximate surface area is 94.6 Å². The molecule has 2 heterocycles. The minimum absolute atomic E-state index is 0.872. The lowest BCUT2D eigenvalue weighted by atomic mass is 10.0. The third kappa shape index (κ3) is 2.73. The molecule has 0 saturated carbocycles. The van der Waals surface area contributed by atoms with Crippen LogP contribution in [0.15, 0.2) is 0 Å². The van der Waals surface area contributed by atoms with Crippen LogP contribution < -0.4 is 0 Å². The molecule has 2 rings (SSSR count). The molecule has 0 N–H and O–H groups in total. The van der Waals surface area contributed by atoms with E-state index in [0.717, 1.165) is 18.0 Å². The van der Waals surface area contributed by atoms with Gasteiger partial charge in [0.2, 0.25) is 0 Å². The van der Waals surface area contributed by atoms with Crippen LogP contribution in [-0.2, 0) is 0 Å². The Morgan fingerprint density at radius 1 is 1.20 bits per heavy atom. The Morgan fingerprint density at radius 3 is 2.73 bits per heavy atom. The molecule has 0 aromatic carbocycles.